The minimum atomic E-state index is -0.368. The number of halogens is 1. The number of aromatic nitrogens is 2. The van der Waals surface area contributed by atoms with Crippen molar-refractivity contribution in [2.24, 2.45) is 5.73 Å². The van der Waals surface area contributed by atoms with Crippen LogP contribution in [0.25, 0.3) is 23.3 Å². The van der Waals surface area contributed by atoms with Crippen LogP contribution in [-0.4, -0.2) is 36.2 Å². The van der Waals surface area contributed by atoms with Crippen molar-refractivity contribution in [3.8, 4) is 22.9 Å². The van der Waals surface area contributed by atoms with E-state index in [2.05, 4.69) is 20.9 Å². The third-order valence-corrected chi connectivity index (χ3v) is 5.57. The molecule has 4 rings (SSSR count). The van der Waals surface area contributed by atoms with Gasteiger partial charge in [0, 0.05) is 54.9 Å². The second kappa shape index (κ2) is 9.58. The highest BCUT2D eigenvalue weighted by Crippen LogP contribution is 2.37. The van der Waals surface area contributed by atoms with Crippen molar-refractivity contribution in [1.82, 2.24) is 9.97 Å². The first-order chi connectivity index (χ1) is 15.6. The molecule has 2 N–H and O–H groups in total. The molecule has 0 spiro atoms. The molecule has 0 saturated carbocycles. The SMILES string of the molecule is COc1cc(F)cc(-c2cncc(C=Cc3ccnc(C#N)c3)c2N2CCC(N)CC2)c1. The molecule has 0 aliphatic carbocycles. The number of hydrogen-bond donors (Lipinski definition) is 1. The highest BCUT2D eigenvalue weighted by molar-refractivity contribution is 5.87. The van der Waals surface area contributed by atoms with Crippen molar-refractivity contribution in [3.63, 3.8) is 0 Å². The molecule has 0 bridgehead atoms. The number of nitrogens with zero attached hydrogens (tertiary/aromatic N) is 4. The summed E-state index contributed by atoms with van der Waals surface area (Å²) in [5.41, 5.74) is 10.8. The molecule has 2 aromatic heterocycles. The number of nitrogens with two attached hydrogens (primary N) is 1. The highest BCUT2D eigenvalue weighted by Gasteiger charge is 2.22. The van der Waals surface area contributed by atoms with Gasteiger partial charge in [-0.25, -0.2) is 9.37 Å². The molecule has 1 aliphatic rings. The molecule has 6 nitrogen and oxygen atoms in total. The summed E-state index contributed by atoms with van der Waals surface area (Å²) in [5, 5.41) is 9.11. The lowest BCUT2D eigenvalue weighted by molar-refractivity contribution is 0.411. The number of methoxy groups -OCH3 is 1. The van der Waals surface area contributed by atoms with Gasteiger partial charge < -0.3 is 15.4 Å². The minimum absolute atomic E-state index is 0.186. The van der Waals surface area contributed by atoms with Crippen LogP contribution in [0.5, 0.6) is 5.75 Å². The van der Waals surface area contributed by atoms with Gasteiger partial charge in [0.1, 0.15) is 23.3 Å². The van der Waals surface area contributed by atoms with Gasteiger partial charge in [0.2, 0.25) is 0 Å². The molecule has 0 atom stereocenters. The maximum atomic E-state index is 14.3. The minimum Gasteiger partial charge on any atom is -0.497 e. The molecule has 0 radical (unpaired) electrons. The van der Waals surface area contributed by atoms with Gasteiger partial charge >= 0.3 is 0 Å². The van der Waals surface area contributed by atoms with Crippen LogP contribution in [0.3, 0.4) is 0 Å². The smallest absolute Gasteiger partial charge is 0.141 e. The number of rotatable bonds is 5. The van der Waals surface area contributed by atoms with Crippen LogP contribution < -0.4 is 15.4 Å². The second-order valence-electron chi connectivity index (χ2n) is 7.75. The lowest BCUT2D eigenvalue weighted by atomic mass is 9.98. The average molecular weight is 429 g/mol. The summed E-state index contributed by atoms with van der Waals surface area (Å²) in [6, 6.07) is 10.5. The fourth-order valence-electron chi connectivity index (χ4n) is 3.91. The Morgan fingerprint density at radius 3 is 2.75 bits per heavy atom. The van der Waals surface area contributed by atoms with E-state index in [4.69, 9.17) is 15.7 Å². The molecular weight excluding hydrogens is 405 g/mol. The summed E-state index contributed by atoms with van der Waals surface area (Å²) in [6.07, 6.45) is 10.8. The maximum Gasteiger partial charge on any atom is 0.141 e. The standard InChI is InChI=1S/C25H24FN5O/c1-32-23-12-19(11-20(26)13-23)24-16-29-15-18(25(24)31-8-5-21(28)6-9-31)3-2-17-4-7-30-22(10-17)14-27/h2-4,7,10-13,15-16,21H,5-6,8-9,28H2,1H3. The second-order valence-corrected chi connectivity index (χ2v) is 7.75. The molecule has 0 unspecified atom stereocenters. The Morgan fingerprint density at radius 2 is 2.00 bits per heavy atom. The van der Waals surface area contributed by atoms with E-state index in [1.807, 2.05) is 24.3 Å². The van der Waals surface area contributed by atoms with Gasteiger partial charge in [0.05, 0.1) is 12.8 Å². The third-order valence-electron chi connectivity index (χ3n) is 5.57. The van der Waals surface area contributed by atoms with Gasteiger partial charge in [-0.3, -0.25) is 4.98 Å². The molecule has 162 valence electrons. The number of nitriles is 1. The van der Waals surface area contributed by atoms with Gasteiger partial charge in [-0.15, -0.1) is 0 Å². The molecule has 1 fully saturated rings. The number of benzene rings is 1. The summed E-state index contributed by atoms with van der Waals surface area (Å²) < 4.78 is 19.6. The van der Waals surface area contributed by atoms with Crippen LogP contribution in [0.15, 0.2) is 48.9 Å². The topological polar surface area (TPSA) is 88.1 Å². The monoisotopic (exact) mass is 429 g/mol. The maximum absolute atomic E-state index is 14.3. The quantitative estimate of drug-likeness (QED) is 0.652. The summed E-state index contributed by atoms with van der Waals surface area (Å²) in [5.74, 6) is 0.0844. The van der Waals surface area contributed by atoms with E-state index < -0.39 is 0 Å². The average Bonchev–Trinajstić information content (AvgIpc) is 2.82. The lowest BCUT2D eigenvalue weighted by Crippen LogP contribution is -2.40. The zero-order valence-electron chi connectivity index (χ0n) is 17.8. The van der Waals surface area contributed by atoms with E-state index in [0.717, 1.165) is 48.3 Å². The van der Waals surface area contributed by atoms with E-state index in [1.165, 1.54) is 19.2 Å². The predicted molar refractivity (Wildman–Crippen MR) is 123 cm³/mol. The van der Waals surface area contributed by atoms with Gasteiger partial charge in [-0.2, -0.15) is 5.26 Å². The van der Waals surface area contributed by atoms with Gasteiger partial charge in [-0.05, 0) is 48.2 Å². The Hall–Kier alpha value is -3.76. The fourth-order valence-corrected chi connectivity index (χ4v) is 3.91. The molecule has 3 aromatic rings. The van der Waals surface area contributed by atoms with Gasteiger partial charge in [0.15, 0.2) is 0 Å². The van der Waals surface area contributed by atoms with Crippen LogP contribution in [0.1, 0.15) is 29.7 Å². The summed E-state index contributed by atoms with van der Waals surface area (Å²) in [6.45, 7) is 1.61. The summed E-state index contributed by atoms with van der Waals surface area (Å²) in [4.78, 5) is 10.7. The Kier molecular flexibility index (Phi) is 6.43. The molecule has 32 heavy (non-hydrogen) atoms. The van der Waals surface area contributed by atoms with Crippen LogP contribution in [0, 0.1) is 17.1 Å². The summed E-state index contributed by atoms with van der Waals surface area (Å²) >= 11 is 0. The third kappa shape index (κ3) is 4.76. The Balaban J connectivity index is 1.81. The predicted octanol–water partition coefficient (Wildman–Crippen LogP) is 4.26. The van der Waals surface area contributed by atoms with E-state index in [1.54, 1.807) is 24.7 Å². The molecule has 1 aromatic carbocycles. The van der Waals surface area contributed by atoms with Crippen molar-refractivity contribution >= 4 is 17.8 Å². The fraction of sp³-hybridized carbons (Fsp3) is 0.240. The van der Waals surface area contributed by atoms with Gasteiger partial charge in [0.25, 0.3) is 0 Å². The Labute approximate surface area is 186 Å². The first-order valence-corrected chi connectivity index (χ1v) is 10.4. The van der Waals surface area contributed by atoms with E-state index in [-0.39, 0.29) is 11.9 Å². The lowest BCUT2D eigenvalue weighted by Gasteiger charge is -2.34. The Bertz CT molecular complexity index is 1180. The van der Waals surface area contributed by atoms with Crippen molar-refractivity contribution in [2.45, 2.75) is 18.9 Å². The van der Waals surface area contributed by atoms with Crippen LogP contribution >= 0.6 is 0 Å². The molecule has 3 heterocycles. The molecule has 7 heteroatoms. The number of piperidine rings is 1. The van der Waals surface area contributed by atoms with Crippen LogP contribution in [0.4, 0.5) is 10.1 Å². The molecular formula is C25H24FN5O. The Morgan fingerprint density at radius 1 is 1.19 bits per heavy atom. The zero-order chi connectivity index (χ0) is 22.5. The number of ether oxygens (including phenoxy) is 1. The van der Waals surface area contributed by atoms with Crippen molar-refractivity contribution < 1.29 is 9.13 Å². The largest absolute Gasteiger partial charge is 0.497 e. The van der Waals surface area contributed by atoms with E-state index in [9.17, 15) is 4.39 Å². The molecule has 1 aliphatic heterocycles. The molecule has 1 saturated heterocycles. The van der Waals surface area contributed by atoms with Crippen LogP contribution in [0.2, 0.25) is 0 Å². The van der Waals surface area contributed by atoms with E-state index in [0.29, 0.717) is 17.0 Å². The summed E-state index contributed by atoms with van der Waals surface area (Å²) in [7, 11) is 1.52. The number of pyridine rings is 2. The molecule has 0 amide bonds. The zero-order valence-corrected chi connectivity index (χ0v) is 17.8. The van der Waals surface area contributed by atoms with E-state index >= 15 is 0 Å². The number of hydrogen-bond acceptors (Lipinski definition) is 6. The highest BCUT2D eigenvalue weighted by atomic mass is 19.1. The number of anilines is 1. The normalized spacial score (nSPS) is 14.5. The first kappa shape index (κ1) is 21.5. The van der Waals surface area contributed by atoms with Crippen molar-refractivity contribution in [1.29, 1.82) is 5.26 Å². The van der Waals surface area contributed by atoms with Gasteiger partial charge in [-0.1, -0.05) is 12.2 Å². The van der Waals surface area contributed by atoms with Crippen molar-refractivity contribution in [3.05, 3.63) is 71.6 Å². The van der Waals surface area contributed by atoms with Crippen LogP contribution in [-0.2, 0) is 0 Å². The first-order valence-electron chi connectivity index (χ1n) is 10.4. The van der Waals surface area contributed by atoms with Crippen molar-refractivity contribution in [2.75, 3.05) is 25.1 Å².